The molecule has 1 amide bonds. The second-order valence-electron chi connectivity index (χ2n) is 5.77. The molecule has 1 aromatic heterocycles. The summed E-state index contributed by atoms with van der Waals surface area (Å²) in [6, 6.07) is 18.6. The van der Waals surface area contributed by atoms with Gasteiger partial charge in [-0.25, -0.2) is 13.1 Å². The summed E-state index contributed by atoms with van der Waals surface area (Å²) in [6.45, 7) is 0.0101. The van der Waals surface area contributed by atoms with Gasteiger partial charge in [0.05, 0.1) is 11.4 Å². The van der Waals surface area contributed by atoms with E-state index in [0.717, 1.165) is 4.47 Å². The Morgan fingerprint density at radius 3 is 2.43 bits per heavy atom. The summed E-state index contributed by atoms with van der Waals surface area (Å²) < 4.78 is 33.3. The zero-order valence-electron chi connectivity index (χ0n) is 14.6. The normalized spacial score (nSPS) is 11.6. The highest BCUT2D eigenvalue weighted by molar-refractivity contribution is 9.10. The van der Waals surface area contributed by atoms with E-state index in [0.29, 0.717) is 17.2 Å². The van der Waals surface area contributed by atoms with Crippen molar-refractivity contribution in [3.63, 3.8) is 0 Å². The number of amides is 1. The van der Waals surface area contributed by atoms with Crippen LogP contribution in [-0.4, -0.2) is 14.3 Å². The Balaban J connectivity index is 1.55. The molecule has 3 aromatic rings. The Morgan fingerprint density at radius 1 is 1.00 bits per heavy atom. The Kier molecular flexibility index (Phi) is 6.45. The van der Waals surface area contributed by atoms with Crippen molar-refractivity contribution in [2.75, 3.05) is 5.32 Å². The summed E-state index contributed by atoms with van der Waals surface area (Å²) in [7, 11) is -3.61. The van der Waals surface area contributed by atoms with E-state index in [1.54, 1.807) is 42.5 Å². The molecule has 0 fully saturated rings. The number of benzene rings is 2. The first-order chi connectivity index (χ1) is 13.4. The summed E-state index contributed by atoms with van der Waals surface area (Å²) in [5, 5.41) is 2.73. The maximum absolute atomic E-state index is 12.2. The van der Waals surface area contributed by atoms with E-state index in [1.807, 2.05) is 12.1 Å². The largest absolute Gasteiger partial charge is 0.460 e. The predicted octanol–water partition coefficient (Wildman–Crippen LogP) is 4.17. The lowest BCUT2D eigenvalue weighted by atomic mass is 10.3. The van der Waals surface area contributed by atoms with Gasteiger partial charge in [0, 0.05) is 16.2 Å². The van der Waals surface area contributed by atoms with Gasteiger partial charge in [-0.1, -0.05) is 34.1 Å². The number of sulfonamides is 1. The molecule has 0 aliphatic carbocycles. The van der Waals surface area contributed by atoms with Gasteiger partial charge in [0.2, 0.25) is 15.9 Å². The highest BCUT2D eigenvalue weighted by Gasteiger charge is 2.13. The van der Waals surface area contributed by atoms with Gasteiger partial charge in [-0.05, 0) is 54.6 Å². The molecule has 0 radical (unpaired) electrons. The zero-order chi connectivity index (χ0) is 20.0. The quantitative estimate of drug-likeness (QED) is 0.517. The lowest BCUT2D eigenvalue weighted by Gasteiger charge is -2.04. The minimum atomic E-state index is -3.61. The monoisotopic (exact) mass is 460 g/mol. The molecule has 6 nitrogen and oxygen atoms in total. The van der Waals surface area contributed by atoms with Crippen LogP contribution in [0.25, 0.3) is 6.08 Å². The van der Waals surface area contributed by atoms with E-state index in [9.17, 15) is 13.2 Å². The van der Waals surface area contributed by atoms with Crippen LogP contribution < -0.4 is 10.0 Å². The zero-order valence-corrected chi connectivity index (χ0v) is 17.0. The second-order valence-corrected chi connectivity index (χ2v) is 8.45. The van der Waals surface area contributed by atoms with Gasteiger partial charge >= 0.3 is 0 Å². The Labute approximate surface area is 171 Å². The molecule has 1 heterocycles. The number of nitrogens with one attached hydrogen (secondary N) is 2. The Bertz CT molecular complexity index is 1070. The van der Waals surface area contributed by atoms with Crippen LogP contribution in [0.15, 0.2) is 86.6 Å². The van der Waals surface area contributed by atoms with Gasteiger partial charge in [-0.3, -0.25) is 4.79 Å². The van der Waals surface area contributed by atoms with Gasteiger partial charge in [0.15, 0.2) is 0 Å². The number of hydrogen-bond acceptors (Lipinski definition) is 4. The van der Waals surface area contributed by atoms with Gasteiger partial charge in [-0.15, -0.1) is 0 Å². The van der Waals surface area contributed by atoms with Crippen LogP contribution in [0.5, 0.6) is 0 Å². The minimum Gasteiger partial charge on any atom is -0.460 e. The van der Waals surface area contributed by atoms with Gasteiger partial charge in [0.1, 0.15) is 11.5 Å². The van der Waals surface area contributed by atoms with Gasteiger partial charge in [-0.2, -0.15) is 0 Å². The van der Waals surface area contributed by atoms with E-state index in [-0.39, 0.29) is 17.3 Å². The summed E-state index contributed by atoms with van der Waals surface area (Å²) in [4.78, 5) is 12.1. The third kappa shape index (κ3) is 5.66. The van der Waals surface area contributed by atoms with Gasteiger partial charge < -0.3 is 9.73 Å². The fraction of sp³-hybridized carbons (Fsp3) is 0.0500. The molecule has 0 bridgehead atoms. The van der Waals surface area contributed by atoms with Crippen molar-refractivity contribution in [2.24, 2.45) is 0 Å². The molecule has 0 saturated carbocycles. The van der Waals surface area contributed by atoms with Crippen LogP contribution in [0, 0.1) is 0 Å². The van der Waals surface area contributed by atoms with Crippen LogP contribution >= 0.6 is 15.9 Å². The van der Waals surface area contributed by atoms with Crippen molar-refractivity contribution in [3.8, 4) is 0 Å². The molecule has 0 unspecified atom stereocenters. The third-order valence-corrected chi connectivity index (χ3v) is 5.63. The summed E-state index contributed by atoms with van der Waals surface area (Å²) >= 11 is 3.33. The molecule has 0 atom stereocenters. The minimum absolute atomic E-state index is 0.0101. The summed E-state index contributed by atoms with van der Waals surface area (Å²) in [5.41, 5.74) is 0.674. The molecule has 8 heteroatoms. The first-order valence-electron chi connectivity index (χ1n) is 8.30. The van der Waals surface area contributed by atoms with Crippen LogP contribution in [0.2, 0.25) is 0 Å². The standard InChI is InChI=1S/C20H17BrN2O4S/c21-15-6-8-16(9-7-15)23-20(24)13-12-17-10-11-18(27-17)14-22-28(25,26)19-4-2-1-3-5-19/h1-13,22H,14H2,(H,23,24)/b13-12+. The summed E-state index contributed by atoms with van der Waals surface area (Å²) in [5.74, 6) is 0.581. The highest BCUT2D eigenvalue weighted by atomic mass is 79.9. The van der Waals surface area contributed by atoms with Crippen LogP contribution in [0.3, 0.4) is 0 Å². The van der Waals surface area contributed by atoms with E-state index in [1.165, 1.54) is 24.3 Å². The highest BCUT2D eigenvalue weighted by Crippen LogP contribution is 2.15. The second kappa shape index (κ2) is 9.01. The average molecular weight is 461 g/mol. The molecule has 2 aromatic carbocycles. The number of anilines is 1. The lowest BCUT2D eigenvalue weighted by Crippen LogP contribution is -2.22. The number of furan rings is 1. The van der Waals surface area contributed by atoms with Crippen molar-refractivity contribution in [3.05, 3.63) is 88.8 Å². The van der Waals surface area contributed by atoms with E-state index < -0.39 is 10.0 Å². The number of hydrogen-bond donors (Lipinski definition) is 2. The van der Waals surface area contributed by atoms with Crippen molar-refractivity contribution in [2.45, 2.75) is 11.4 Å². The maximum atomic E-state index is 12.2. The average Bonchev–Trinajstić information content (AvgIpc) is 3.15. The molecular weight excluding hydrogens is 444 g/mol. The topological polar surface area (TPSA) is 88.4 Å². The van der Waals surface area contributed by atoms with Crippen LogP contribution in [-0.2, 0) is 21.4 Å². The first-order valence-corrected chi connectivity index (χ1v) is 10.6. The molecule has 3 rings (SSSR count). The molecule has 28 heavy (non-hydrogen) atoms. The predicted molar refractivity (Wildman–Crippen MR) is 111 cm³/mol. The number of halogens is 1. The van der Waals surface area contributed by atoms with Crippen molar-refractivity contribution >= 4 is 43.6 Å². The molecule has 2 N–H and O–H groups in total. The SMILES string of the molecule is O=C(/C=C/c1ccc(CNS(=O)(=O)c2ccccc2)o1)Nc1ccc(Br)cc1. The first kappa shape index (κ1) is 20.1. The Hall–Kier alpha value is -2.68. The summed E-state index contributed by atoms with van der Waals surface area (Å²) in [6.07, 6.45) is 2.86. The van der Waals surface area contributed by atoms with E-state index in [4.69, 9.17) is 4.42 Å². The molecule has 0 aliphatic heterocycles. The fourth-order valence-corrected chi connectivity index (χ4v) is 3.58. The number of carbonyl (C=O) groups excluding carboxylic acids is 1. The lowest BCUT2D eigenvalue weighted by molar-refractivity contribution is -0.111. The molecule has 0 saturated heterocycles. The molecule has 0 aliphatic rings. The van der Waals surface area contributed by atoms with E-state index in [2.05, 4.69) is 26.0 Å². The molecular formula is C20H17BrN2O4S. The Morgan fingerprint density at radius 2 is 1.71 bits per heavy atom. The number of rotatable bonds is 7. The van der Waals surface area contributed by atoms with Crippen molar-refractivity contribution < 1.29 is 17.6 Å². The van der Waals surface area contributed by atoms with Crippen LogP contribution in [0.4, 0.5) is 5.69 Å². The van der Waals surface area contributed by atoms with Crippen LogP contribution in [0.1, 0.15) is 11.5 Å². The smallest absolute Gasteiger partial charge is 0.248 e. The maximum Gasteiger partial charge on any atom is 0.248 e. The molecule has 144 valence electrons. The van der Waals surface area contributed by atoms with Crippen molar-refractivity contribution in [1.82, 2.24) is 4.72 Å². The van der Waals surface area contributed by atoms with Gasteiger partial charge in [0.25, 0.3) is 0 Å². The third-order valence-electron chi connectivity index (χ3n) is 3.68. The number of carbonyl (C=O) groups is 1. The fourth-order valence-electron chi connectivity index (χ4n) is 2.30. The van der Waals surface area contributed by atoms with E-state index >= 15 is 0 Å². The van der Waals surface area contributed by atoms with Crippen molar-refractivity contribution in [1.29, 1.82) is 0 Å². The molecule has 0 spiro atoms.